The van der Waals surface area contributed by atoms with E-state index in [1.54, 1.807) is 41.2 Å². The fourth-order valence-electron chi connectivity index (χ4n) is 2.13. The average molecular weight is 335 g/mol. The highest BCUT2D eigenvalue weighted by Gasteiger charge is 2.10. The molecule has 1 amide bonds. The molecular formula is C15H12Cl2N4O. The van der Waals surface area contributed by atoms with Crippen molar-refractivity contribution in [2.24, 2.45) is 0 Å². The van der Waals surface area contributed by atoms with Gasteiger partial charge >= 0.3 is 0 Å². The van der Waals surface area contributed by atoms with Gasteiger partial charge < -0.3 is 11.1 Å². The number of nitrogens with two attached hydrogens (primary N) is 1. The summed E-state index contributed by atoms with van der Waals surface area (Å²) < 4.78 is 1.58. The predicted molar refractivity (Wildman–Crippen MR) is 89.2 cm³/mol. The summed E-state index contributed by atoms with van der Waals surface area (Å²) in [6.07, 6.45) is 1.69. The van der Waals surface area contributed by atoms with Gasteiger partial charge in [-0.15, -0.1) is 0 Å². The molecule has 1 aromatic heterocycles. The van der Waals surface area contributed by atoms with Crippen molar-refractivity contribution >= 4 is 51.4 Å². The van der Waals surface area contributed by atoms with Gasteiger partial charge in [0.2, 0.25) is 5.91 Å². The lowest BCUT2D eigenvalue weighted by atomic mass is 10.2. The smallest absolute Gasteiger partial charge is 0.246 e. The number of carbonyl (C=O) groups is 1. The highest BCUT2D eigenvalue weighted by molar-refractivity contribution is 6.35. The molecule has 3 N–H and O–H groups in total. The van der Waals surface area contributed by atoms with Gasteiger partial charge in [0, 0.05) is 16.1 Å². The number of hydrogen-bond acceptors (Lipinski definition) is 3. The Morgan fingerprint density at radius 1 is 1.23 bits per heavy atom. The third kappa shape index (κ3) is 3.00. The van der Waals surface area contributed by atoms with Gasteiger partial charge in [0.15, 0.2) is 0 Å². The first-order chi connectivity index (χ1) is 10.5. The molecule has 0 aliphatic rings. The van der Waals surface area contributed by atoms with Crippen LogP contribution in [0.1, 0.15) is 0 Å². The number of benzene rings is 2. The largest absolute Gasteiger partial charge is 0.399 e. The van der Waals surface area contributed by atoms with Crippen LogP contribution >= 0.6 is 23.2 Å². The maximum absolute atomic E-state index is 12.2. The van der Waals surface area contributed by atoms with Crippen molar-refractivity contribution in [1.82, 2.24) is 9.78 Å². The maximum Gasteiger partial charge on any atom is 0.246 e. The normalized spacial score (nSPS) is 10.8. The van der Waals surface area contributed by atoms with Crippen LogP contribution in [0.25, 0.3) is 10.9 Å². The lowest BCUT2D eigenvalue weighted by Gasteiger charge is -2.08. The molecule has 1 heterocycles. The molecule has 0 saturated heterocycles. The van der Waals surface area contributed by atoms with E-state index in [4.69, 9.17) is 28.9 Å². The van der Waals surface area contributed by atoms with Crippen molar-refractivity contribution in [3.63, 3.8) is 0 Å². The van der Waals surface area contributed by atoms with E-state index in [0.717, 1.165) is 10.9 Å². The van der Waals surface area contributed by atoms with Gasteiger partial charge in [-0.1, -0.05) is 23.2 Å². The van der Waals surface area contributed by atoms with Crippen LogP contribution in [0.5, 0.6) is 0 Å². The van der Waals surface area contributed by atoms with E-state index in [-0.39, 0.29) is 12.5 Å². The standard InChI is InChI=1S/C15H12Cl2N4O/c16-10-2-4-12(17)13(5-10)20-15(22)8-21-14-6-11(18)3-1-9(14)7-19-21/h1-7H,8,18H2,(H,20,22). The summed E-state index contributed by atoms with van der Waals surface area (Å²) in [4.78, 5) is 12.2. The molecular weight excluding hydrogens is 323 g/mol. The van der Waals surface area contributed by atoms with Gasteiger partial charge in [-0.2, -0.15) is 5.10 Å². The van der Waals surface area contributed by atoms with Crippen molar-refractivity contribution in [3.05, 3.63) is 52.6 Å². The summed E-state index contributed by atoms with van der Waals surface area (Å²) in [5.41, 5.74) is 7.65. The number of amides is 1. The zero-order valence-corrected chi connectivity index (χ0v) is 12.9. The second kappa shape index (κ2) is 5.87. The highest BCUT2D eigenvalue weighted by Crippen LogP contribution is 2.25. The fourth-order valence-corrected chi connectivity index (χ4v) is 2.47. The Kier molecular flexibility index (Phi) is 3.92. The Balaban J connectivity index is 1.81. The third-order valence-electron chi connectivity index (χ3n) is 3.16. The van der Waals surface area contributed by atoms with Crippen LogP contribution in [0.4, 0.5) is 11.4 Å². The minimum atomic E-state index is -0.253. The molecule has 0 atom stereocenters. The Morgan fingerprint density at radius 2 is 2.05 bits per heavy atom. The molecule has 0 fully saturated rings. The summed E-state index contributed by atoms with van der Waals surface area (Å²) in [7, 11) is 0. The summed E-state index contributed by atoms with van der Waals surface area (Å²) in [5.74, 6) is -0.253. The van der Waals surface area contributed by atoms with Gasteiger partial charge in [0.05, 0.1) is 22.4 Å². The van der Waals surface area contributed by atoms with Crippen molar-refractivity contribution in [2.45, 2.75) is 6.54 Å². The van der Waals surface area contributed by atoms with E-state index in [1.807, 2.05) is 6.07 Å². The van der Waals surface area contributed by atoms with Crippen molar-refractivity contribution in [3.8, 4) is 0 Å². The van der Waals surface area contributed by atoms with Crippen molar-refractivity contribution in [1.29, 1.82) is 0 Å². The van der Waals surface area contributed by atoms with Crippen LogP contribution in [-0.4, -0.2) is 15.7 Å². The molecule has 22 heavy (non-hydrogen) atoms. The van der Waals surface area contributed by atoms with Gasteiger partial charge in [-0.05, 0) is 36.4 Å². The molecule has 0 radical (unpaired) electrons. The second-order valence-corrected chi connectivity index (χ2v) is 5.64. The summed E-state index contributed by atoms with van der Waals surface area (Å²) >= 11 is 11.9. The van der Waals surface area contributed by atoms with Gasteiger partial charge in [-0.3, -0.25) is 9.48 Å². The summed E-state index contributed by atoms with van der Waals surface area (Å²) in [6.45, 7) is 0.0514. The Labute approximate surface area is 136 Å². The first-order valence-electron chi connectivity index (χ1n) is 6.49. The molecule has 3 rings (SSSR count). The number of rotatable bonds is 3. The molecule has 2 aromatic carbocycles. The van der Waals surface area contributed by atoms with Crippen LogP contribution in [0, 0.1) is 0 Å². The minimum Gasteiger partial charge on any atom is -0.399 e. The van der Waals surface area contributed by atoms with E-state index < -0.39 is 0 Å². The van der Waals surface area contributed by atoms with Crippen molar-refractivity contribution < 1.29 is 4.79 Å². The molecule has 0 unspecified atom stereocenters. The van der Waals surface area contributed by atoms with Crippen LogP contribution < -0.4 is 11.1 Å². The predicted octanol–water partition coefficient (Wildman–Crippen LogP) is 3.56. The highest BCUT2D eigenvalue weighted by atomic mass is 35.5. The zero-order valence-electron chi connectivity index (χ0n) is 11.4. The fraction of sp³-hybridized carbons (Fsp3) is 0.0667. The topological polar surface area (TPSA) is 72.9 Å². The quantitative estimate of drug-likeness (QED) is 0.719. The molecule has 5 nitrogen and oxygen atoms in total. The van der Waals surface area contributed by atoms with Crippen molar-refractivity contribution in [2.75, 3.05) is 11.1 Å². The first-order valence-corrected chi connectivity index (χ1v) is 7.24. The van der Waals surface area contributed by atoms with Gasteiger partial charge in [0.1, 0.15) is 6.54 Å². The number of fused-ring (bicyclic) bond motifs is 1. The number of halogens is 2. The van der Waals surface area contributed by atoms with E-state index in [1.165, 1.54) is 0 Å². The van der Waals surface area contributed by atoms with E-state index >= 15 is 0 Å². The van der Waals surface area contributed by atoms with E-state index in [2.05, 4.69) is 10.4 Å². The van der Waals surface area contributed by atoms with E-state index in [0.29, 0.717) is 21.4 Å². The molecule has 0 aliphatic heterocycles. The molecule has 112 valence electrons. The molecule has 7 heteroatoms. The third-order valence-corrected chi connectivity index (χ3v) is 3.73. The Morgan fingerprint density at radius 3 is 2.86 bits per heavy atom. The second-order valence-electron chi connectivity index (χ2n) is 4.79. The van der Waals surface area contributed by atoms with Gasteiger partial charge in [-0.25, -0.2) is 0 Å². The molecule has 0 spiro atoms. The van der Waals surface area contributed by atoms with E-state index in [9.17, 15) is 4.79 Å². The number of nitrogens with one attached hydrogen (secondary N) is 1. The van der Waals surface area contributed by atoms with Gasteiger partial charge in [0.25, 0.3) is 0 Å². The number of anilines is 2. The first kappa shape index (κ1) is 14.7. The SMILES string of the molecule is Nc1ccc2cnn(CC(=O)Nc3cc(Cl)ccc3Cl)c2c1. The number of aromatic nitrogens is 2. The Bertz CT molecular complexity index is 860. The van der Waals surface area contributed by atoms with Crippen LogP contribution in [0.15, 0.2) is 42.6 Å². The molecule has 3 aromatic rings. The average Bonchev–Trinajstić information content (AvgIpc) is 2.85. The zero-order chi connectivity index (χ0) is 15.7. The minimum absolute atomic E-state index is 0.0514. The number of nitrogens with zero attached hydrogens (tertiary/aromatic N) is 2. The van der Waals surface area contributed by atoms with Crippen LogP contribution in [0.3, 0.4) is 0 Å². The number of carbonyl (C=O) groups excluding carboxylic acids is 1. The lowest BCUT2D eigenvalue weighted by molar-refractivity contribution is -0.116. The van der Waals surface area contributed by atoms with Crippen LogP contribution in [-0.2, 0) is 11.3 Å². The Hall–Kier alpha value is -2.24. The molecule has 0 bridgehead atoms. The number of nitrogen functional groups attached to an aromatic ring is 1. The number of hydrogen-bond donors (Lipinski definition) is 2. The summed E-state index contributed by atoms with van der Waals surface area (Å²) in [6, 6.07) is 10.3. The lowest BCUT2D eigenvalue weighted by Crippen LogP contribution is -2.19. The monoisotopic (exact) mass is 334 g/mol. The summed E-state index contributed by atoms with van der Waals surface area (Å²) in [5, 5.41) is 8.76. The maximum atomic E-state index is 12.2. The van der Waals surface area contributed by atoms with Crippen LogP contribution in [0.2, 0.25) is 10.0 Å². The molecule has 0 saturated carbocycles. The molecule has 0 aliphatic carbocycles.